The molecule has 0 unspecified atom stereocenters. The van der Waals surface area contributed by atoms with Crippen LogP contribution in [0.25, 0.3) is 16.2 Å². The van der Waals surface area contributed by atoms with Gasteiger partial charge >= 0.3 is 0 Å². The standard InChI is InChI=1S/C20H16FN3O3S2/c1-12-13(2)22-20-24(19(12)25)17(11-28-20)14-6-5-7-15(10-14)23-29(26,27)18-9-4-3-8-16(18)21/h3-11,23H,1-2H3. The van der Waals surface area contributed by atoms with E-state index in [0.717, 1.165) is 6.07 Å². The molecule has 0 aliphatic carbocycles. The van der Waals surface area contributed by atoms with E-state index in [1.165, 1.54) is 33.9 Å². The maximum atomic E-state index is 13.9. The zero-order valence-corrected chi connectivity index (χ0v) is 17.1. The van der Waals surface area contributed by atoms with Crippen molar-refractivity contribution < 1.29 is 12.8 Å². The van der Waals surface area contributed by atoms with Crippen molar-refractivity contribution in [2.24, 2.45) is 0 Å². The van der Waals surface area contributed by atoms with Crippen LogP contribution in [-0.4, -0.2) is 17.8 Å². The second-order valence-corrected chi connectivity index (χ2v) is 8.97. The Kier molecular flexibility index (Phi) is 4.71. The summed E-state index contributed by atoms with van der Waals surface area (Å²) in [4.78, 5) is 17.3. The fourth-order valence-corrected chi connectivity index (χ4v) is 5.02. The fraction of sp³-hybridized carbons (Fsp3) is 0.100. The highest BCUT2D eigenvalue weighted by Gasteiger charge is 2.19. The van der Waals surface area contributed by atoms with Gasteiger partial charge in [-0.15, -0.1) is 11.3 Å². The minimum absolute atomic E-state index is 0.166. The first-order chi connectivity index (χ1) is 13.8. The molecule has 0 bridgehead atoms. The molecular weight excluding hydrogens is 413 g/mol. The first kappa shape index (κ1) is 19.3. The summed E-state index contributed by atoms with van der Waals surface area (Å²) in [6.07, 6.45) is 0. The van der Waals surface area contributed by atoms with Crippen LogP contribution < -0.4 is 10.3 Å². The Bertz CT molecular complexity index is 1410. The SMILES string of the molecule is Cc1nc2scc(-c3cccc(NS(=O)(=O)c4ccccc4F)c3)n2c(=O)c1C. The molecule has 0 aliphatic heterocycles. The second kappa shape index (κ2) is 7.09. The van der Waals surface area contributed by atoms with Gasteiger partial charge in [0.05, 0.1) is 5.69 Å². The van der Waals surface area contributed by atoms with Crippen molar-refractivity contribution in [3.05, 3.63) is 81.3 Å². The van der Waals surface area contributed by atoms with Gasteiger partial charge in [0.1, 0.15) is 10.7 Å². The van der Waals surface area contributed by atoms with Gasteiger partial charge in [-0.2, -0.15) is 0 Å². The van der Waals surface area contributed by atoms with E-state index in [1.54, 1.807) is 43.5 Å². The highest BCUT2D eigenvalue weighted by atomic mass is 32.2. The highest BCUT2D eigenvalue weighted by molar-refractivity contribution is 7.92. The number of benzene rings is 2. The average Bonchev–Trinajstić information content (AvgIpc) is 3.10. The molecule has 0 saturated carbocycles. The molecule has 2 aromatic carbocycles. The third-order valence-electron chi connectivity index (χ3n) is 4.57. The first-order valence-corrected chi connectivity index (χ1v) is 11.0. The van der Waals surface area contributed by atoms with Gasteiger partial charge in [-0.05, 0) is 38.1 Å². The molecule has 148 valence electrons. The largest absolute Gasteiger partial charge is 0.280 e. The molecule has 2 heterocycles. The molecule has 4 rings (SSSR count). The lowest BCUT2D eigenvalue weighted by Crippen LogP contribution is -2.18. The van der Waals surface area contributed by atoms with Crippen LogP contribution in [0.4, 0.5) is 10.1 Å². The first-order valence-electron chi connectivity index (χ1n) is 8.63. The molecule has 29 heavy (non-hydrogen) atoms. The normalized spacial score (nSPS) is 11.7. The van der Waals surface area contributed by atoms with Crippen molar-refractivity contribution in [3.63, 3.8) is 0 Å². The number of sulfonamides is 1. The lowest BCUT2D eigenvalue weighted by atomic mass is 10.1. The summed E-state index contributed by atoms with van der Waals surface area (Å²) in [5.74, 6) is -0.830. The molecule has 2 aromatic heterocycles. The Morgan fingerprint density at radius 2 is 1.86 bits per heavy atom. The Morgan fingerprint density at radius 1 is 1.10 bits per heavy atom. The number of nitrogens with one attached hydrogen (secondary N) is 1. The number of hydrogen-bond acceptors (Lipinski definition) is 5. The van der Waals surface area contributed by atoms with Crippen LogP contribution in [0, 0.1) is 19.7 Å². The minimum atomic E-state index is -4.10. The van der Waals surface area contributed by atoms with Crippen LogP contribution in [0.1, 0.15) is 11.3 Å². The van der Waals surface area contributed by atoms with Crippen molar-refractivity contribution in [1.29, 1.82) is 0 Å². The van der Waals surface area contributed by atoms with Gasteiger partial charge in [0.2, 0.25) is 0 Å². The van der Waals surface area contributed by atoms with E-state index in [1.807, 2.05) is 0 Å². The number of halogens is 1. The topological polar surface area (TPSA) is 80.5 Å². The molecule has 0 fully saturated rings. The van der Waals surface area contributed by atoms with Crippen LogP contribution in [-0.2, 0) is 10.0 Å². The Labute approximate surface area is 170 Å². The lowest BCUT2D eigenvalue weighted by Gasteiger charge is -2.10. The van der Waals surface area contributed by atoms with Gasteiger partial charge in [0.15, 0.2) is 4.96 Å². The summed E-state index contributed by atoms with van der Waals surface area (Å²) in [6.45, 7) is 3.51. The molecule has 0 saturated heterocycles. The summed E-state index contributed by atoms with van der Waals surface area (Å²) in [5.41, 5.74) is 2.57. The molecular formula is C20H16FN3O3S2. The van der Waals surface area contributed by atoms with Gasteiger partial charge in [0.25, 0.3) is 15.6 Å². The van der Waals surface area contributed by atoms with Crippen LogP contribution in [0.2, 0.25) is 0 Å². The number of hydrogen-bond donors (Lipinski definition) is 1. The van der Waals surface area contributed by atoms with E-state index in [4.69, 9.17) is 0 Å². The van der Waals surface area contributed by atoms with Crippen LogP contribution in [0.15, 0.2) is 63.6 Å². The lowest BCUT2D eigenvalue weighted by molar-refractivity contribution is 0.570. The van der Waals surface area contributed by atoms with Crippen molar-refractivity contribution >= 4 is 32.0 Å². The average molecular weight is 429 g/mol. The van der Waals surface area contributed by atoms with E-state index in [0.29, 0.717) is 27.5 Å². The number of aryl methyl sites for hydroxylation is 1. The van der Waals surface area contributed by atoms with Gasteiger partial charge in [-0.3, -0.25) is 13.9 Å². The zero-order chi connectivity index (χ0) is 20.8. The van der Waals surface area contributed by atoms with Crippen molar-refractivity contribution in [2.45, 2.75) is 18.7 Å². The second-order valence-electron chi connectivity index (χ2n) is 6.48. The van der Waals surface area contributed by atoms with Crippen LogP contribution in [0.3, 0.4) is 0 Å². The van der Waals surface area contributed by atoms with E-state index in [2.05, 4.69) is 9.71 Å². The van der Waals surface area contributed by atoms with E-state index in [-0.39, 0.29) is 11.2 Å². The van der Waals surface area contributed by atoms with E-state index < -0.39 is 20.7 Å². The minimum Gasteiger partial charge on any atom is -0.280 e. The maximum absolute atomic E-state index is 13.9. The van der Waals surface area contributed by atoms with E-state index >= 15 is 0 Å². The number of anilines is 1. The van der Waals surface area contributed by atoms with Crippen molar-refractivity contribution in [2.75, 3.05) is 4.72 Å². The molecule has 1 N–H and O–H groups in total. The van der Waals surface area contributed by atoms with Crippen molar-refractivity contribution in [1.82, 2.24) is 9.38 Å². The summed E-state index contributed by atoms with van der Waals surface area (Å²) in [5, 5.41) is 1.80. The summed E-state index contributed by atoms with van der Waals surface area (Å²) in [7, 11) is -4.10. The third-order valence-corrected chi connectivity index (χ3v) is 6.82. The van der Waals surface area contributed by atoms with Gasteiger partial charge < -0.3 is 0 Å². The maximum Gasteiger partial charge on any atom is 0.264 e. The molecule has 4 aromatic rings. The summed E-state index contributed by atoms with van der Waals surface area (Å²) in [6, 6.07) is 11.8. The smallest absolute Gasteiger partial charge is 0.264 e. The molecule has 9 heteroatoms. The van der Waals surface area contributed by atoms with Gasteiger partial charge in [0, 0.05) is 27.9 Å². The number of nitrogens with zero attached hydrogens (tertiary/aromatic N) is 2. The number of aromatic nitrogens is 2. The molecule has 0 atom stereocenters. The molecule has 0 amide bonds. The Morgan fingerprint density at radius 3 is 2.62 bits per heavy atom. The summed E-state index contributed by atoms with van der Waals surface area (Å²) >= 11 is 1.33. The van der Waals surface area contributed by atoms with E-state index in [9.17, 15) is 17.6 Å². The molecule has 6 nitrogen and oxygen atoms in total. The fourth-order valence-electron chi connectivity index (χ4n) is 2.95. The third kappa shape index (κ3) is 3.43. The Hall–Kier alpha value is -3.04. The predicted molar refractivity (Wildman–Crippen MR) is 111 cm³/mol. The number of rotatable bonds is 4. The van der Waals surface area contributed by atoms with Crippen molar-refractivity contribution in [3.8, 4) is 11.3 Å². The van der Waals surface area contributed by atoms with Gasteiger partial charge in [-0.1, -0.05) is 24.3 Å². The van der Waals surface area contributed by atoms with Gasteiger partial charge in [-0.25, -0.2) is 17.8 Å². The van der Waals surface area contributed by atoms with Crippen LogP contribution >= 0.6 is 11.3 Å². The molecule has 0 radical (unpaired) electrons. The number of fused-ring (bicyclic) bond motifs is 1. The quantitative estimate of drug-likeness (QED) is 0.532. The number of thiazole rings is 1. The summed E-state index contributed by atoms with van der Waals surface area (Å²) < 4.78 is 42.9. The highest BCUT2D eigenvalue weighted by Crippen LogP contribution is 2.28. The molecule has 0 aliphatic rings. The van der Waals surface area contributed by atoms with Crippen LogP contribution in [0.5, 0.6) is 0 Å². The Balaban J connectivity index is 1.78. The zero-order valence-electron chi connectivity index (χ0n) is 15.5. The monoisotopic (exact) mass is 429 g/mol. The molecule has 0 spiro atoms. The predicted octanol–water partition coefficient (Wildman–Crippen LogP) is 3.98.